The zero-order valence-electron chi connectivity index (χ0n) is 13.6. The molecule has 0 aliphatic carbocycles. The van der Waals surface area contributed by atoms with Gasteiger partial charge in [-0.05, 0) is 44.2 Å². The van der Waals surface area contributed by atoms with Crippen molar-refractivity contribution in [1.29, 1.82) is 0 Å². The number of carbonyl (C=O) groups excluding carboxylic acids is 1. The van der Waals surface area contributed by atoms with Gasteiger partial charge in [-0.3, -0.25) is 4.79 Å². The number of aromatic nitrogens is 2. The number of aryl methyl sites for hydroxylation is 2. The molecular weight excluding hydrogens is 300 g/mol. The van der Waals surface area contributed by atoms with Crippen LogP contribution in [0.15, 0.2) is 60.7 Å². The van der Waals surface area contributed by atoms with Gasteiger partial charge in [0.25, 0.3) is 5.91 Å². The molecule has 1 amide bonds. The molecule has 3 rings (SSSR count). The summed E-state index contributed by atoms with van der Waals surface area (Å²) in [5.74, 6) is 0.135. The monoisotopic (exact) mass is 318 g/mol. The van der Waals surface area contributed by atoms with Crippen LogP contribution < -0.4 is 10.6 Å². The zero-order chi connectivity index (χ0) is 16.9. The van der Waals surface area contributed by atoms with E-state index in [2.05, 4.69) is 20.6 Å². The van der Waals surface area contributed by atoms with E-state index in [1.807, 2.05) is 68.4 Å². The highest BCUT2D eigenvalue weighted by Gasteiger charge is 2.11. The molecule has 2 aromatic carbocycles. The Labute approximate surface area is 140 Å². The highest BCUT2D eigenvalue weighted by molar-refractivity contribution is 6.03. The SMILES string of the molecule is Cc1ccc(Nc2nc(C)cc(C(=O)Nc3ccccc3)n2)cc1. The Balaban J connectivity index is 1.80. The van der Waals surface area contributed by atoms with Gasteiger partial charge in [-0.1, -0.05) is 35.9 Å². The average molecular weight is 318 g/mol. The van der Waals surface area contributed by atoms with Crippen LogP contribution in [0.1, 0.15) is 21.7 Å². The van der Waals surface area contributed by atoms with Gasteiger partial charge < -0.3 is 10.6 Å². The van der Waals surface area contributed by atoms with Crippen molar-refractivity contribution in [3.05, 3.63) is 77.6 Å². The van der Waals surface area contributed by atoms with E-state index in [0.717, 1.165) is 17.1 Å². The van der Waals surface area contributed by atoms with Crippen molar-refractivity contribution in [2.75, 3.05) is 10.6 Å². The summed E-state index contributed by atoms with van der Waals surface area (Å²) in [6.45, 7) is 3.86. The molecule has 0 saturated heterocycles. The van der Waals surface area contributed by atoms with E-state index in [0.29, 0.717) is 11.6 Å². The predicted octanol–water partition coefficient (Wildman–Crippen LogP) is 4.09. The fourth-order valence-corrected chi connectivity index (χ4v) is 2.22. The summed E-state index contributed by atoms with van der Waals surface area (Å²) in [7, 11) is 0. The smallest absolute Gasteiger partial charge is 0.274 e. The number of anilines is 3. The molecule has 5 heteroatoms. The maximum atomic E-state index is 12.4. The van der Waals surface area contributed by atoms with E-state index >= 15 is 0 Å². The van der Waals surface area contributed by atoms with Gasteiger partial charge in [0.15, 0.2) is 0 Å². The lowest BCUT2D eigenvalue weighted by Gasteiger charge is -2.09. The molecule has 24 heavy (non-hydrogen) atoms. The van der Waals surface area contributed by atoms with E-state index in [9.17, 15) is 4.79 Å². The topological polar surface area (TPSA) is 66.9 Å². The third-order valence-electron chi connectivity index (χ3n) is 3.43. The second kappa shape index (κ2) is 6.91. The summed E-state index contributed by atoms with van der Waals surface area (Å²) in [4.78, 5) is 21.0. The second-order valence-corrected chi connectivity index (χ2v) is 5.53. The lowest BCUT2D eigenvalue weighted by Crippen LogP contribution is -2.15. The Kier molecular flexibility index (Phi) is 4.52. The molecule has 2 N–H and O–H groups in total. The number of hydrogen-bond acceptors (Lipinski definition) is 4. The Morgan fingerprint density at radius 1 is 0.875 bits per heavy atom. The number of para-hydroxylation sites is 1. The van der Waals surface area contributed by atoms with E-state index in [1.165, 1.54) is 5.56 Å². The van der Waals surface area contributed by atoms with E-state index < -0.39 is 0 Å². The van der Waals surface area contributed by atoms with Crippen LogP contribution in [0, 0.1) is 13.8 Å². The van der Waals surface area contributed by atoms with Crippen molar-refractivity contribution in [2.24, 2.45) is 0 Å². The fraction of sp³-hybridized carbons (Fsp3) is 0.105. The Hall–Kier alpha value is -3.21. The number of rotatable bonds is 4. The average Bonchev–Trinajstić information content (AvgIpc) is 2.57. The summed E-state index contributed by atoms with van der Waals surface area (Å²) < 4.78 is 0. The molecule has 0 radical (unpaired) electrons. The molecule has 5 nitrogen and oxygen atoms in total. The summed E-state index contributed by atoms with van der Waals surface area (Å²) >= 11 is 0. The molecule has 0 bridgehead atoms. The first-order valence-corrected chi connectivity index (χ1v) is 7.66. The first-order chi connectivity index (χ1) is 11.6. The van der Waals surface area contributed by atoms with Crippen LogP contribution in [0.4, 0.5) is 17.3 Å². The van der Waals surface area contributed by atoms with Crippen LogP contribution in [-0.4, -0.2) is 15.9 Å². The maximum Gasteiger partial charge on any atom is 0.274 e. The van der Waals surface area contributed by atoms with Crippen molar-refractivity contribution in [2.45, 2.75) is 13.8 Å². The quantitative estimate of drug-likeness (QED) is 0.760. The van der Waals surface area contributed by atoms with E-state index in [4.69, 9.17) is 0 Å². The first kappa shape index (κ1) is 15.7. The fourth-order valence-electron chi connectivity index (χ4n) is 2.22. The summed E-state index contributed by atoms with van der Waals surface area (Å²) in [5, 5.41) is 5.96. The van der Waals surface area contributed by atoms with Gasteiger partial charge in [0.2, 0.25) is 5.95 Å². The molecule has 1 heterocycles. The predicted molar refractivity (Wildman–Crippen MR) is 95.6 cm³/mol. The second-order valence-electron chi connectivity index (χ2n) is 5.53. The number of nitrogens with zero attached hydrogens (tertiary/aromatic N) is 2. The number of carbonyl (C=O) groups is 1. The molecule has 3 aromatic rings. The van der Waals surface area contributed by atoms with Gasteiger partial charge in [0, 0.05) is 17.1 Å². The zero-order valence-corrected chi connectivity index (χ0v) is 13.6. The third-order valence-corrected chi connectivity index (χ3v) is 3.43. The molecule has 0 atom stereocenters. The number of nitrogens with one attached hydrogen (secondary N) is 2. The van der Waals surface area contributed by atoms with Gasteiger partial charge in [-0.25, -0.2) is 9.97 Å². The molecular formula is C19H18N4O. The van der Waals surface area contributed by atoms with Crippen molar-refractivity contribution in [3.63, 3.8) is 0 Å². The van der Waals surface area contributed by atoms with Crippen molar-refractivity contribution < 1.29 is 4.79 Å². The standard InChI is InChI=1S/C19H18N4O/c1-13-8-10-16(11-9-13)22-19-20-14(2)12-17(23-19)18(24)21-15-6-4-3-5-7-15/h3-12H,1-2H3,(H,21,24)(H,20,22,23). The lowest BCUT2D eigenvalue weighted by molar-refractivity contribution is 0.102. The minimum absolute atomic E-state index is 0.265. The molecule has 0 spiro atoms. The maximum absolute atomic E-state index is 12.4. The Morgan fingerprint density at radius 3 is 2.29 bits per heavy atom. The molecule has 0 saturated carbocycles. The largest absolute Gasteiger partial charge is 0.324 e. The minimum atomic E-state index is -0.265. The van der Waals surface area contributed by atoms with Gasteiger partial charge in [0.05, 0.1) is 0 Å². The number of benzene rings is 2. The number of hydrogen-bond donors (Lipinski definition) is 2. The van der Waals surface area contributed by atoms with Crippen molar-refractivity contribution in [1.82, 2.24) is 9.97 Å². The minimum Gasteiger partial charge on any atom is -0.324 e. The van der Waals surface area contributed by atoms with Crippen LogP contribution in [-0.2, 0) is 0 Å². The molecule has 1 aromatic heterocycles. The van der Waals surface area contributed by atoms with Gasteiger partial charge in [-0.2, -0.15) is 0 Å². The van der Waals surface area contributed by atoms with Gasteiger partial charge in [-0.15, -0.1) is 0 Å². The summed E-state index contributed by atoms with van der Waals surface area (Å²) in [5.41, 5.74) is 3.82. The third kappa shape index (κ3) is 3.95. The Bertz CT molecular complexity index is 845. The lowest BCUT2D eigenvalue weighted by atomic mass is 10.2. The van der Waals surface area contributed by atoms with Crippen LogP contribution in [0.5, 0.6) is 0 Å². The Morgan fingerprint density at radius 2 is 1.58 bits per heavy atom. The first-order valence-electron chi connectivity index (χ1n) is 7.66. The summed E-state index contributed by atoms with van der Waals surface area (Å²) in [6, 6.07) is 18.9. The van der Waals surface area contributed by atoms with Gasteiger partial charge in [0.1, 0.15) is 5.69 Å². The van der Waals surface area contributed by atoms with Crippen molar-refractivity contribution >= 4 is 23.2 Å². The molecule has 0 aliphatic rings. The van der Waals surface area contributed by atoms with Gasteiger partial charge >= 0.3 is 0 Å². The van der Waals surface area contributed by atoms with E-state index in [-0.39, 0.29) is 5.91 Å². The highest BCUT2D eigenvalue weighted by atomic mass is 16.1. The van der Waals surface area contributed by atoms with E-state index in [1.54, 1.807) is 6.07 Å². The van der Waals surface area contributed by atoms with Crippen LogP contribution in [0.25, 0.3) is 0 Å². The molecule has 120 valence electrons. The molecule has 0 aliphatic heterocycles. The molecule has 0 unspecified atom stereocenters. The van der Waals surface area contributed by atoms with Crippen molar-refractivity contribution in [3.8, 4) is 0 Å². The summed E-state index contributed by atoms with van der Waals surface area (Å²) in [6.07, 6.45) is 0. The molecule has 0 fully saturated rings. The van der Waals surface area contributed by atoms with Crippen LogP contribution in [0.2, 0.25) is 0 Å². The normalized spacial score (nSPS) is 10.2. The highest BCUT2D eigenvalue weighted by Crippen LogP contribution is 2.15. The number of amides is 1. The van der Waals surface area contributed by atoms with Crippen LogP contribution in [0.3, 0.4) is 0 Å². The van der Waals surface area contributed by atoms with Crippen LogP contribution >= 0.6 is 0 Å².